The average Bonchev–Trinajstić information content (AvgIpc) is 3.30. The highest BCUT2D eigenvalue weighted by Crippen LogP contribution is 2.15. The number of allylic oxidation sites excluding steroid dienone is 8. The number of unbranched alkanes of at least 4 members (excludes halogenated alkanes) is 32. The third-order valence-electron chi connectivity index (χ3n) is 12.3. The quantitative estimate of drug-likeness (QED) is 0.0262. The molecule has 0 radical (unpaired) electrons. The summed E-state index contributed by atoms with van der Waals surface area (Å²) < 4.78 is 16.8. The van der Waals surface area contributed by atoms with Crippen molar-refractivity contribution in [2.75, 3.05) is 13.2 Å². The largest absolute Gasteiger partial charge is 0.462 e. The van der Waals surface area contributed by atoms with Crippen molar-refractivity contribution in [1.29, 1.82) is 0 Å². The van der Waals surface area contributed by atoms with Crippen molar-refractivity contribution in [3.05, 3.63) is 48.6 Å². The first kappa shape index (κ1) is 62.4. The van der Waals surface area contributed by atoms with E-state index in [1.165, 1.54) is 173 Å². The van der Waals surface area contributed by atoms with Crippen LogP contribution >= 0.6 is 0 Å². The molecule has 0 saturated carbocycles. The van der Waals surface area contributed by atoms with Crippen LogP contribution in [0.25, 0.3) is 0 Å². The molecule has 0 fully saturated rings. The lowest BCUT2D eigenvalue weighted by Crippen LogP contribution is -2.30. The van der Waals surface area contributed by atoms with Crippen molar-refractivity contribution in [2.24, 2.45) is 0 Å². The summed E-state index contributed by atoms with van der Waals surface area (Å²) in [4.78, 5) is 37.9. The molecule has 378 valence electrons. The van der Waals surface area contributed by atoms with Gasteiger partial charge in [0.25, 0.3) is 0 Å². The van der Waals surface area contributed by atoms with Gasteiger partial charge in [-0.05, 0) is 83.5 Å². The van der Waals surface area contributed by atoms with Crippen molar-refractivity contribution in [3.63, 3.8) is 0 Å². The molecule has 0 aromatic rings. The molecular weight excluding hydrogens is 805 g/mol. The third kappa shape index (κ3) is 52.2. The van der Waals surface area contributed by atoms with Gasteiger partial charge in [0.05, 0.1) is 0 Å². The Balaban J connectivity index is 4.20. The predicted molar refractivity (Wildman–Crippen MR) is 279 cm³/mol. The maximum atomic E-state index is 12.8. The van der Waals surface area contributed by atoms with Gasteiger partial charge in [-0.3, -0.25) is 14.4 Å². The normalized spacial score (nSPS) is 12.4. The second-order valence-electron chi connectivity index (χ2n) is 18.8. The van der Waals surface area contributed by atoms with Crippen LogP contribution in [0.3, 0.4) is 0 Å². The molecule has 0 aromatic heterocycles. The summed E-state index contributed by atoms with van der Waals surface area (Å²) in [5.74, 6) is -0.884. The molecule has 0 aliphatic heterocycles. The Morgan fingerprint density at radius 2 is 0.554 bits per heavy atom. The number of ether oxygens (including phenoxy) is 3. The van der Waals surface area contributed by atoms with E-state index in [1.807, 2.05) is 0 Å². The van der Waals surface area contributed by atoms with Crippen LogP contribution in [-0.4, -0.2) is 37.2 Å². The van der Waals surface area contributed by atoms with E-state index in [4.69, 9.17) is 14.2 Å². The van der Waals surface area contributed by atoms with Crippen LogP contribution in [-0.2, 0) is 28.6 Å². The Bertz CT molecular complexity index is 1140. The molecular formula is C59H106O6. The molecule has 0 aliphatic rings. The van der Waals surface area contributed by atoms with E-state index in [-0.39, 0.29) is 31.1 Å². The van der Waals surface area contributed by atoms with E-state index >= 15 is 0 Å². The fourth-order valence-corrected chi connectivity index (χ4v) is 8.03. The highest BCUT2D eigenvalue weighted by Gasteiger charge is 2.19. The maximum Gasteiger partial charge on any atom is 0.306 e. The molecule has 1 unspecified atom stereocenters. The molecule has 0 saturated heterocycles. The van der Waals surface area contributed by atoms with E-state index in [0.717, 1.165) is 77.0 Å². The Labute approximate surface area is 403 Å². The predicted octanol–water partition coefficient (Wildman–Crippen LogP) is 18.7. The Morgan fingerprint density at radius 3 is 0.877 bits per heavy atom. The second-order valence-corrected chi connectivity index (χ2v) is 18.8. The van der Waals surface area contributed by atoms with Crippen molar-refractivity contribution in [3.8, 4) is 0 Å². The third-order valence-corrected chi connectivity index (χ3v) is 12.3. The van der Waals surface area contributed by atoms with Gasteiger partial charge in [-0.25, -0.2) is 0 Å². The fraction of sp³-hybridized carbons (Fsp3) is 0.814. The molecule has 1 atom stereocenters. The van der Waals surface area contributed by atoms with Crippen molar-refractivity contribution >= 4 is 17.9 Å². The van der Waals surface area contributed by atoms with Gasteiger partial charge < -0.3 is 14.2 Å². The van der Waals surface area contributed by atoms with E-state index in [0.29, 0.717) is 19.3 Å². The van der Waals surface area contributed by atoms with Crippen LogP contribution in [0.15, 0.2) is 48.6 Å². The molecule has 0 spiro atoms. The van der Waals surface area contributed by atoms with Crippen LogP contribution in [0, 0.1) is 0 Å². The van der Waals surface area contributed by atoms with Crippen molar-refractivity contribution in [2.45, 2.75) is 297 Å². The second kappa shape index (κ2) is 54.0. The van der Waals surface area contributed by atoms with E-state index in [2.05, 4.69) is 69.4 Å². The van der Waals surface area contributed by atoms with Gasteiger partial charge in [-0.1, -0.05) is 236 Å². The summed E-state index contributed by atoms with van der Waals surface area (Å²) >= 11 is 0. The van der Waals surface area contributed by atoms with Crippen LogP contribution in [0.2, 0.25) is 0 Å². The Morgan fingerprint density at radius 1 is 0.308 bits per heavy atom. The van der Waals surface area contributed by atoms with E-state index in [1.54, 1.807) is 0 Å². The first-order valence-corrected chi connectivity index (χ1v) is 28.1. The SMILES string of the molecule is CCCCCCC/C=C\C/C=C\C/C=C\CCCCCCCCCCC(=O)OCC(COC(=O)CCCCCCCCC)OC(=O)CCCCCCCCC/C=C\CCCCCCCC. The molecule has 6 heteroatoms. The average molecular weight is 911 g/mol. The first-order valence-electron chi connectivity index (χ1n) is 28.1. The molecule has 0 rings (SSSR count). The van der Waals surface area contributed by atoms with Gasteiger partial charge in [0.1, 0.15) is 13.2 Å². The van der Waals surface area contributed by atoms with Gasteiger partial charge in [0, 0.05) is 19.3 Å². The van der Waals surface area contributed by atoms with Crippen molar-refractivity contribution < 1.29 is 28.6 Å². The maximum absolute atomic E-state index is 12.8. The summed E-state index contributed by atoms with van der Waals surface area (Å²) in [6.07, 6.45) is 65.5. The minimum atomic E-state index is -0.774. The number of carbonyl (C=O) groups is 3. The standard InChI is InChI=1S/C59H106O6/c1-4-7-10-13-16-18-20-22-24-26-27-28-29-30-31-33-34-36-38-40-43-46-49-52-58(61)64-55-56(54-63-57(60)51-48-45-42-15-12-9-6-3)65-59(62)53-50-47-44-41-39-37-35-32-25-23-21-19-17-14-11-8-5-2/h20,22-23,25-27,29-30,56H,4-19,21,24,28,31-55H2,1-3H3/b22-20-,25-23-,27-26-,30-29-. The number of esters is 3. The molecule has 65 heavy (non-hydrogen) atoms. The summed E-state index contributed by atoms with van der Waals surface area (Å²) in [5, 5.41) is 0. The molecule has 0 bridgehead atoms. The van der Waals surface area contributed by atoms with Crippen LogP contribution in [0.5, 0.6) is 0 Å². The molecule has 0 aromatic carbocycles. The zero-order valence-electron chi connectivity index (χ0n) is 43.3. The lowest BCUT2D eigenvalue weighted by molar-refractivity contribution is -0.167. The molecule has 6 nitrogen and oxygen atoms in total. The lowest BCUT2D eigenvalue weighted by atomic mass is 10.1. The minimum Gasteiger partial charge on any atom is -0.462 e. The zero-order valence-corrected chi connectivity index (χ0v) is 43.3. The molecule has 0 aliphatic carbocycles. The Hall–Kier alpha value is -2.63. The summed E-state index contributed by atoms with van der Waals surface area (Å²) in [6.45, 7) is 6.59. The summed E-state index contributed by atoms with van der Waals surface area (Å²) in [5.41, 5.74) is 0. The Kier molecular flexibility index (Phi) is 51.8. The van der Waals surface area contributed by atoms with Gasteiger partial charge >= 0.3 is 17.9 Å². The van der Waals surface area contributed by atoms with Gasteiger partial charge in [0.2, 0.25) is 0 Å². The monoisotopic (exact) mass is 911 g/mol. The van der Waals surface area contributed by atoms with Gasteiger partial charge in [-0.15, -0.1) is 0 Å². The lowest BCUT2D eigenvalue weighted by Gasteiger charge is -2.18. The molecule has 0 N–H and O–H groups in total. The highest BCUT2D eigenvalue weighted by molar-refractivity contribution is 5.71. The number of hydrogen-bond acceptors (Lipinski definition) is 6. The van der Waals surface area contributed by atoms with E-state index < -0.39 is 6.10 Å². The fourth-order valence-electron chi connectivity index (χ4n) is 8.03. The topological polar surface area (TPSA) is 78.9 Å². The number of hydrogen-bond donors (Lipinski definition) is 0. The van der Waals surface area contributed by atoms with E-state index in [9.17, 15) is 14.4 Å². The summed E-state index contributed by atoms with van der Waals surface area (Å²) in [7, 11) is 0. The first-order chi connectivity index (χ1) is 32.0. The van der Waals surface area contributed by atoms with Gasteiger partial charge in [-0.2, -0.15) is 0 Å². The molecule has 0 heterocycles. The van der Waals surface area contributed by atoms with Crippen LogP contribution in [0.1, 0.15) is 290 Å². The summed E-state index contributed by atoms with van der Waals surface area (Å²) in [6, 6.07) is 0. The smallest absolute Gasteiger partial charge is 0.306 e. The zero-order chi connectivity index (χ0) is 47.2. The number of rotatable bonds is 51. The van der Waals surface area contributed by atoms with Crippen LogP contribution < -0.4 is 0 Å². The molecule has 0 amide bonds. The highest BCUT2D eigenvalue weighted by atomic mass is 16.6. The minimum absolute atomic E-state index is 0.0757. The van der Waals surface area contributed by atoms with Gasteiger partial charge in [0.15, 0.2) is 6.10 Å². The number of carbonyl (C=O) groups excluding carboxylic acids is 3. The van der Waals surface area contributed by atoms with Crippen LogP contribution in [0.4, 0.5) is 0 Å². The van der Waals surface area contributed by atoms with Crippen molar-refractivity contribution in [1.82, 2.24) is 0 Å².